The first-order chi connectivity index (χ1) is 12.7. The number of nitrogens with zero attached hydrogens (tertiary/aromatic N) is 1. The lowest BCUT2D eigenvalue weighted by molar-refractivity contribution is -0.133. The van der Waals surface area contributed by atoms with E-state index in [1.54, 1.807) is 7.11 Å². The van der Waals surface area contributed by atoms with E-state index in [1.165, 1.54) is 11.1 Å². The van der Waals surface area contributed by atoms with Crippen molar-refractivity contribution in [3.05, 3.63) is 59.2 Å². The molecular formula is C21H22N2O3. The molecule has 0 aliphatic carbocycles. The summed E-state index contributed by atoms with van der Waals surface area (Å²) in [4.78, 5) is 14.6. The molecule has 1 saturated heterocycles. The van der Waals surface area contributed by atoms with Gasteiger partial charge >= 0.3 is 0 Å². The van der Waals surface area contributed by atoms with Gasteiger partial charge in [-0.25, -0.2) is 0 Å². The van der Waals surface area contributed by atoms with Crippen molar-refractivity contribution in [2.45, 2.75) is 19.5 Å². The predicted octanol–water partition coefficient (Wildman–Crippen LogP) is 3.45. The number of methoxy groups -OCH3 is 1. The first kappa shape index (κ1) is 16.5. The molecule has 4 rings (SSSR count). The number of nitrogens with one attached hydrogen (secondary N) is 1. The Balaban J connectivity index is 1.53. The molecule has 0 spiro atoms. The van der Waals surface area contributed by atoms with E-state index < -0.39 is 0 Å². The van der Waals surface area contributed by atoms with Crippen LogP contribution in [0.4, 0.5) is 5.69 Å². The van der Waals surface area contributed by atoms with Crippen LogP contribution in [0.15, 0.2) is 48.0 Å². The third kappa shape index (κ3) is 2.90. The minimum absolute atomic E-state index is 0.0233. The fraction of sp³-hybridized carbons (Fsp3) is 0.286. The number of hydrogen-bond donors (Lipinski definition) is 1. The van der Waals surface area contributed by atoms with E-state index in [9.17, 15) is 4.79 Å². The van der Waals surface area contributed by atoms with Crippen LogP contribution in [0.3, 0.4) is 0 Å². The molecule has 1 unspecified atom stereocenters. The highest BCUT2D eigenvalue weighted by Gasteiger charge is 2.36. The molecule has 1 atom stereocenters. The molecule has 5 nitrogen and oxygen atoms in total. The number of aryl methyl sites for hydroxylation is 1. The van der Waals surface area contributed by atoms with Crippen LogP contribution in [-0.2, 0) is 4.79 Å². The Kier molecular flexibility index (Phi) is 4.29. The van der Waals surface area contributed by atoms with E-state index in [1.807, 2.05) is 41.3 Å². The zero-order chi connectivity index (χ0) is 18.1. The summed E-state index contributed by atoms with van der Waals surface area (Å²) in [6.45, 7) is 2.81. The van der Waals surface area contributed by atoms with Gasteiger partial charge in [0.15, 0.2) is 6.61 Å². The number of likely N-dealkylation sites (tertiary alicyclic amines) is 1. The van der Waals surface area contributed by atoms with Gasteiger partial charge in [0.25, 0.3) is 5.91 Å². The molecule has 2 heterocycles. The Bertz CT molecular complexity index is 861. The first-order valence-electron chi connectivity index (χ1n) is 8.79. The number of rotatable bonds is 4. The number of ether oxygens (including phenoxy) is 2. The van der Waals surface area contributed by atoms with E-state index in [2.05, 4.69) is 24.4 Å². The van der Waals surface area contributed by atoms with Gasteiger partial charge < -0.3 is 19.7 Å². The maximum atomic E-state index is 12.7. The molecule has 1 fully saturated rings. The molecule has 0 bridgehead atoms. The molecule has 5 heteroatoms. The molecule has 134 valence electrons. The number of anilines is 1. The van der Waals surface area contributed by atoms with Crippen molar-refractivity contribution in [3.63, 3.8) is 0 Å². The number of para-hydroxylation sites is 1. The summed E-state index contributed by atoms with van der Waals surface area (Å²) in [5, 5.41) is 3.50. The van der Waals surface area contributed by atoms with E-state index >= 15 is 0 Å². The number of carbonyl (C=O) groups is 1. The van der Waals surface area contributed by atoms with Crippen molar-refractivity contribution in [2.24, 2.45) is 0 Å². The van der Waals surface area contributed by atoms with Crippen LogP contribution in [0.5, 0.6) is 11.5 Å². The molecule has 2 aliphatic heterocycles. The van der Waals surface area contributed by atoms with Crippen LogP contribution in [0.2, 0.25) is 0 Å². The lowest BCUT2D eigenvalue weighted by Gasteiger charge is -2.31. The quantitative estimate of drug-likeness (QED) is 0.918. The van der Waals surface area contributed by atoms with Crippen molar-refractivity contribution in [2.75, 3.05) is 25.6 Å². The summed E-state index contributed by atoms with van der Waals surface area (Å²) >= 11 is 0. The minimum Gasteiger partial charge on any atom is -0.495 e. The van der Waals surface area contributed by atoms with Gasteiger partial charge in [0.1, 0.15) is 17.7 Å². The van der Waals surface area contributed by atoms with Gasteiger partial charge in [0, 0.05) is 12.1 Å². The highest BCUT2D eigenvalue weighted by atomic mass is 16.5. The molecule has 0 aromatic heterocycles. The van der Waals surface area contributed by atoms with E-state index in [4.69, 9.17) is 9.47 Å². The van der Waals surface area contributed by atoms with Gasteiger partial charge in [-0.15, -0.1) is 0 Å². The summed E-state index contributed by atoms with van der Waals surface area (Å²) in [6.07, 6.45) is 2.93. The van der Waals surface area contributed by atoms with Crippen LogP contribution in [0.1, 0.15) is 17.5 Å². The van der Waals surface area contributed by atoms with Gasteiger partial charge in [-0.05, 0) is 48.8 Å². The monoisotopic (exact) mass is 350 g/mol. The van der Waals surface area contributed by atoms with Crippen molar-refractivity contribution >= 4 is 17.7 Å². The summed E-state index contributed by atoms with van der Waals surface area (Å²) in [5.74, 6) is 1.47. The standard InChI is InChI=1S/C21H22N2O3/c1-14-8-9-18(25-2)20-17(14)12-15-10-11-23(21(15)22-20)19(24)13-26-16-6-4-3-5-7-16/h3-9,12,21-22H,10-11,13H2,1-2H3. The second-order valence-corrected chi connectivity index (χ2v) is 6.58. The predicted molar refractivity (Wildman–Crippen MR) is 101 cm³/mol. The van der Waals surface area contributed by atoms with Gasteiger partial charge in [-0.1, -0.05) is 24.3 Å². The maximum absolute atomic E-state index is 12.7. The molecular weight excluding hydrogens is 328 g/mol. The number of fused-ring (bicyclic) bond motifs is 2. The highest BCUT2D eigenvalue weighted by molar-refractivity contribution is 5.85. The molecule has 2 aliphatic rings. The van der Waals surface area contributed by atoms with E-state index in [0.29, 0.717) is 12.3 Å². The summed E-state index contributed by atoms with van der Waals surface area (Å²) < 4.78 is 11.1. The zero-order valence-electron chi connectivity index (χ0n) is 15.0. The topological polar surface area (TPSA) is 50.8 Å². The Hall–Kier alpha value is -2.95. The molecule has 0 radical (unpaired) electrons. The lowest BCUT2D eigenvalue weighted by atomic mass is 9.97. The summed E-state index contributed by atoms with van der Waals surface area (Å²) in [6, 6.07) is 13.4. The van der Waals surface area contributed by atoms with Crippen LogP contribution in [0.25, 0.3) is 6.08 Å². The Morgan fingerprint density at radius 1 is 1.23 bits per heavy atom. The second-order valence-electron chi connectivity index (χ2n) is 6.58. The molecule has 2 aromatic carbocycles. The number of carbonyl (C=O) groups excluding carboxylic acids is 1. The Morgan fingerprint density at radius 2 is 2.04 bits per heavy atom. The SMILES string of the molecule is COc1ccc(C)c2c1NC1C(=C2)CCN1C(=O)COc1ccccc1. The smallest absolute Gasteiger partial charge is 0.262 e. The van der Waals surface area contributed by atoms with Crippen molar-refractivity contribution in [1.82, 2.24) is 4.90 Å². The first-order valence-corrected chi connectivity index (χ1v) is 8.79. The lowest BCUT2D eigenvalue weighted by Crippen LogP contribution is -2.44. The maximum Gasteiger partial charge on any atom is 0.262 e. The number of benzene rings is 2. The van der Waals surface area contributed by atoms with Gasteiger partial charge in [0.05, 0.1) is 12.8 Å². The summed E-state index contributed by atoms with van der Waals surface area (Å²) in [7, 11) is 1.66. The van der Waals surface area contributed by atoms with Gasteiger partial charge in [-0.2, -0.15) is 0 Å². The van der Waals surface area contributed by atoms with Crippen LogP contribution < -0.4 is 14.8 Å². The molecule has 26 heavy (non-hydrogen) atoms. The third-order valence-electron chi connectivity index (χ3n) is 4.99. The molecule has 0 saturated carbocycles. The van der Waals surface area contributed by atoms with Crippen LogP contribution in [0, 0.1) is 6.92 Å². The normalized spacial score (nSPS) is 17.7. The van der Waals surface area contributed by atoms with Crippen molar-refractivity contribution < 1.29 is 14.3 Å². The minimum atomic E-state index is -0.134. The Labute approximate surface area is 153 Å². The van der Waals surface area contributed by atoms with Gasteiger partial charge in [0.2, 0.25) is 0 Å². The second kappa shape index (κ2) is 6.75. The zero-order valence-corrected chi connectivity index (χ0v) is 15.0. The molecule has 2 aromatic rings. The van der Waals surface area contributed by atoms with E-state index in [0.717, 1.165) is 23.4 Å². The fourth-order valence-electron chi connectivity index (χ4n) is 3.58. The van der Waals surface area contributed by atoms with Crippen molar-refractivity contribution in [1.29, 1.82) is 0 Å². The average molecular weight is 350 g/mol. The fourth-order valence-corrected chi connectivity index (χ4v) is 3.58. The van der Waals surface area contributed by atoms with Crippen LogP contribution >= 0.6 is 0 Å². The molecule has 1 N–H and O–H groups in total. The van der Waals surface area contributed by atoms with Crippen molar-refractivity contribution in [3.8, 4) is 11.5 Å². The largest absolute Gasteiger partial charge is 0.495 e. The van der Waals surface area contributed by atoms with Crippen LogP contribution in [-0.4, -0.2) is 37.2 Å². The van der Waals surface area contributed by atoms with Gasteiger partial charge in [-0.3, -0.25) is 4.79 Å². The van der Waals surface area contributed by atoms with E-state index in [-0.39, 0.29) is 18.7 Å². The Morgan fingerprint density at radius 3 is 2.81 bits per heavy atom. The average Bonchev–Trinajstić information content (AvgIpc) is 3.09. The highest BCUT2D eigenvalue weighted by Crippen LogP contribution is 2.40. The molecule has 1 amide bonds. The summed E-state index contributed by atoms with van der Waals surface area (Å²) in [5.41, 5.74) is 4.51. The number of amides is 1. The third-order valence-corrected chi connectivity index (χ3v) is 4.99. The number of hydrogen-bond acceptors (Lipinski definition) is 4.